The van der Waals surface area contributed by atoms with Crippen LogP contribution in [0.5, 0.6) is 0 Å². The minimum atomic E-state index is -1.77. The lowest BCUT2D eigenvalue weighted by Crippen LogP contribution is -2.41. The van der Waals surface area contributed by atoms with Crippen molar-refractivity contribution in [3.8, 4) is 0 Å². The van der Waals surface area contributed by atoms with Gasteiger partial charge in [-0.15, -0.1) is 0 Å². The first-order valence-corrected chi connectivity index (χ1v) is 11.8. The molecule has 0 N–H and O–H groups in total. The Kier molecular flexibility index (Phi) is 4.58. The second-order valence-electron chi connectivity index (χ2n) is 7.80. The summed E-state index contributed by atoms with van der Waals surface area (Å²) in [4.78, 5) is 3.86. The van der Waals surface area contributed by atoms with Gasteiger partial charge in [0.15, 0.2) is 0 Å². The standard InChI is InChI=1S/C18H26FNS.C2H6/c1-6-9-20-10-11-21(4,5)13-18(2,3)16-12-14(19)7-8-15(16)17(20)21;1-2/h7-8,10-12H,6,9,13H2,1-5H3;1-2H3. The van der Waals surface area contributed by atoms with Crippen LogP contribution >= 0.6 is 8.75 Å². The fourth-order valence-electron chi connectivity index (χ4n) is 4.29. The van der Waals surface area contributed by atoms with Crippen LogP contribution in [0.3, 0.4) is 0 Å². The average Bonchev–Trinajstić information content (AvgIpc) is 2.73. The van der Waals surface area contributed by atoms with E-state index >= 15 is 0 Å². The van der Waals surface area contributed by atoms with Crippen LogP contribution in [0.25, 0.3) is 0 Å². The summed E-state index contributed by atoms with van der Waals surface area (Å²) in [6.07, 6.45) is 8.27. The van der Waals surface area contributed by atoms with E-state index in [0.717, 1.165) is 18.7 Å². The van der Waals surface area contributed by atoms with E-state index in [-0.39, 0.29) is 11.2 Å². The molecule has 0 radical (unpaired) electrons. The molecule has 1 aromatic carbocycles. The van der Waals surface area contributed by atoms with E-state index in [4.69, 9.17) is 0 Å². The normalized spacial score (nSPS) is 23.9. The first kappa shape index (κ1) is 18.3. The highest BCUT2D eigenvalue weighted by molar-refractivity contribution is 8.49. The molecule has 23 heavy (non-hydrogen) atoms. The summed E-state index contributed by atoms with van der Waals surface area (Å²) in [5.41, 5.74) is 2.44. The Morgan fingerprint density at radius 3 is 2.48 bits per heavy atom. The van der Waals surface area contributed by atoms with Crippen molar-refractivity contribution < 1.29 is 4.39 Å². The van der Waals surface area contributed by atoms with Gasteiger partial charge in [-0.3, -0.25) is 0 Å². The Morgan fingerprint density at radius 2 is 1.87 bits per heavy atom. The Balaban J connectivity index is 0.000000924. The smallest absolute Gasteiger partial charge is 0.123 e. The van der Waals surface area contributed by atoms with Crippen LogP contribution in [-0.2, 0) is 5.41 Å². The maximum absolute atomic E-state index is 13.8. The Labute approximate surface area is 141 Å². The van der Waals surface area contributed by atoms with Crippen molar-refractivity contribution in [2.24, 2.45) is 0 Å². The van der Waals surface area contributed by atoms with Crippen LogP contribution in [0, 0.1) is 5.82 Å². The van der Waals surface area contributed by atoms with E-state index in [0.29, 0.717) is 0 Å². The maximum Gasteiger partial charge on any atom is 0.123 e. The molecule has 0 atom stereocenters. The maximum atomic E-state index is 13.8. The first-order valence-electron chi connectivity index (χ1n) is 8.66. The van der Waals surface area contributed by atoms with Gasteiger partial charge in [0.1, 0.15) is 5.82 Å². The van der Waals surface area contributed by atoms with Crippen molar-refractivity contribution in [2.75, 3.05) is 24.8 Å². The van der Waals surface area contributed by atoms with Gasteiger partial charge in [-0.2, -0.15) is 0 Å². The fourth-order valence-corrected chi connectivity index (χ4v) is 9.38. The molecular formula is C20H32FNS. The number of hydrogen-bond donors (Lipinski definition) is 0. The molecule has 0 unspecified atom stereocenters. The van der Waals surface area contributed by atoms with E-state index in [9.17, 15) is 4.39 Å². The summed E-state index contributed by atoms with van der Waals surface area (Å²) in [5.74, 6) is 0.981. The van der Waals surface area contributed by atoms with Crippen LogP contribution in [0.4, 0.5) is 4.39 Å². The predicted octanol–water partition coefficient (Wildman–Crippen LogP) is 5.42. The molecule has 2 aliphatic heterocycles. The third-order valence-electron chi connectivity index (χ3n) is 4.78. The van der Waals surface area contributed by atoms with Crippen LogP contribution in [0.15, 0.2) is 29.8 Å². The number of fused-ring (bicyclic) bond motifs is 2. The van der Waals surface area contributed by atoms with Crippen molar-refractivity contribution >= 4 is 13.7 Å². The van der Waals surface area contributed by atoms with E-state index in [1.807, 2.05) is 19.9 Å². The molecule has 2 heterocycles. The Hall–Kier alpha value is -1.09. The molecule has 0 aliphatic carbocycles. The molecule has 0 amide bonds. The molecule has 3 heteroatoms. The van der Waals surface area contributed by atoms with E-state index in [2.05, 4.69) is 49.8 Å². The molecule has 130 valence electrons. The molecule has 0 fully saturated rings. The lowest BCUT2D eigenvalue weighted by atomic mass is 9.83. The molecule has 2 aliphatic rings. The van der Waals surface area contributed by atoms with Crippen molar-refractivity contribution in [3.63, 3.8) is 0 Å². The third-order valence-corrected chi connectivity index (χ3v) is 9.11. The molecule has 1 aromatic rings. The molecule has 0 spiro atoms. The minimum Gasteiger partial charge on any atom is -0.343 e. The van der Waals surface area contributed by atoms with Gasteiger partial charge in [0.25, 0.3) is 0 Å². The summed E-state index contributed by atoms with van der Waals surface area (Å²) in [6, 6.07) is 5.36. The zero-order chi connectivity index (χ0) is 17.5. The highest BCUT2D eigenvalue weighted by atomic mass is 32.3. The lowest BCUT2D eigenvalue weighted by Gasteiger charge is -2.51. The molecule has 0 saturated heterocycles. The number of rotatable bonds is 2. The summed E-state index contributed by atoms with van der Waals surface area (Å²) in [7, 11) is -1.77. The van der Waals surface area contributed by atoms with Crippen molar-refractivity contribution in [2.45, 2.75) is 46.5 Å². The largest absolute Gasteiger partial charge is 0.343 e. The number of benzene rings is 1. The number of hydrogen-bond acceptors (Lipinski definition) is 1. The van der Waals surface area contributed by atoms with Gasteiger partial charge in [-0.1, -0.05) is 34.6 Å². The highest BCUT2D eigenvalue weighted by Crippen LogP contribution is 2.65. The second-order valence-corrected chi connectivity index (χ2v) is 13.3. The average molecular weight is 338 g/mol. The lowest BCUT2D eigenvalue weighted by molar-refractivity contribution is 0.548. The molecule has 0 bridgehead atoms. The second kappa shape index (κ2) is 5.77. The van der Waals surface area contributed by atoms with Gasteiger partial charge < -0.3 is 4.90 Å². The quantitative estimate of drug-likeness (QED) is 0.652. The molecule has 1 nitrogen and oxygen atoms in total. The van der Waals surface area contributed by atoms with Gasteiger partial charge in [-0.05, 0) is 59.3 Å². The van der Waals surface area contributed by atoms with E-state index in [1.165, 1.54) is 16.1 Å². The van der Waals surface area contributed by atoms with Gasteiger partial charge in [-0.25, -0.2) is 13.1 Å². The first-order chi connectivity index (χ1) is 10.7. The number of nitrogens with zero attached hydrogens (tertiary/aromatic N) is 1. The minimum absolute atomic E-state index is 0.0128. The molecular weight excluding hydrogens is 305 g/mol. The molecule has 0 saturated carbocycles. The summed E-state index contributed by atoms with van der Waals surface area (Å²) >= 11 is 0. The van der Waals surface area contributed by atoms with Gasteiger partial charge in [0.2, 0.25) is 0 Å². The van der Waals surface area contributed by atoms with E-state index < -0.39 is 8.75 Å². The van der Waals surface area contributed by atoms with Gasteiger partial charge in [0, 0.05) is 18.3 Å². The summed E-state index contributed by atoms with van der Waals surface area (Å²) in [6.45, 7) is 11.8. The zero-order valence-corrected chi connectivity index (χ0v) is 16.6. The Morgan fingerprint density at radius 1 is 1.22 bits per heavy atom. The van der Waals surface area contributed by atoms with Crippen LogP contribution in [-0.4, -0.2) is 34.7 Å². The monoisotopic (exact) mass is 337 g/mol. The third kappa shape index (κ3) is 2.88. The SMILES string of the molecule is CC.CCCN1C=CS2(C)(C)=C1c1ccc(F)cc1C(C)(C)C2. The molecule has 0 aromatic heterocycles. The molecule has 3 rings (SSSR count). The highest BCUT2D eigenvalue weighted by Gasteiger charge is 2.44. The summed E-state index contributed by atoms with van der Waals surface area (Å²) < 4.78 is 13.8. The van der Waals surface area contributed by atoms with Crippen LogP contribution in [0.1, 0.15) is 52.2 Å². The van der Waals surface area contributed by atoms with Gasteiger partial charge >= 0.3 is 0 Å². The van der Waals surface area contributed by atoms with Gasteiger partial charge in [0.05, 0.1) is 4.99 Å². The topological polar surface area (TPSA) is 3.24 Å². The fraction of sp³-hybridized carbons (Fsp3) is 0.550. The summed E-state index contributed by atoms with van der Waals surface area (Å²) in [5, 5.41) is 2.45. The van der Waals surface area contributed by atoms with Crippen molar-refractivity contribution in [1.82, 2.24) is 4.90 Å². The Bertz CT molecular complexity index is 706. The predicted molar refractivity (Wildman–Crippen MR) is 105 cm³/mol. The van der Waals surface area contributed by atoms with Crippen molar-refractivity contribution in [1.29, 1.82) is 0 Å². The van der Waals surface area contributed by atoms with Crippen molar-refractivity contribution in [3.05, 3.63) is 46.8 Å². The van der Waals surface area contributed by atoms with Crippen LogP contribution < -0.4 is 0 Å². The zero-order valence-electron chi connectivity index (χ0n) is 15.7. The number of halogens is 1. The van der Waals surface area contributed by atoms with E-state index in [1.54, 1.807) is 12.1 Å². The van der Waals surface area contributed by atoms with Crippen LogP contribution in [0.2, 0.25) is 0 Å².